The Morgan fingerprint density at radius 3 is 3.16 bits per heavy atom. The number of aromatic nitrogens is 2. The van der Waals surface area contributed by atoms with Crippen molar-refractivity contribution in [3.05, 3.63) is 22.5 Å². The molecule has 0 N–H and O–H groups in total. The van der Waals surface area contributed by atoms with Crippen molar-refractivity contribution in [2.45, 2.75) is 38.2 Å². The van der Waals surface area contributed by atoms with Crippen LogP contribution < -0.4 is 0 Å². The second kappa shape index (κ2) is 6.58. The Kier molecular flexibility index (Phi) is 4.80. The maximum atomic E-state index is 13.0. The summed E-state index contributed by atoms with van der Waals surface area (Å²) in [6.07, 6.45) is 4.24. The number of halogens is 1. The van der Waals surface area contributed by atoms with Crippen LogP contribution in [0.25, 0.3) is 0 Å². The van der Waals surface area contributed by atoms with Gasteiger partial charge in [0.1, 0.15) is 31.7 Å². The van der Waals surface area contributed by atoms with Crippen molar-refractivity contribution in [2.75, 3.05) is 13.3 Å². The van der Waals surface area contributed by atoms with Gasteiger partial charge in [0.15, 0.2) is 6.29 Å². The Labute approximate surface area is 109 Å². The van der Waals surface area contributed by atoms with Crippen LogP contribution in [0.4, 0.5) is 10.3 Å². The molecule has 1 saturated heterocycles. The van der Waals surface area contributed by atoms with Crippen molar-refractivity contribution in [3.63, 3.8) is 0 Å². The highest BCUT2D eigenvalue weighted by atomic mass is 18.2. The number of nitro groups is 1. The first-order valence-corrected chi connectivity index (χ1v) is 6.19. The van der Waals surface area contributed by atoms with Crippen molar-refractivity contribution in [2.24, 2.45) is 0 Å². The third kappa shape index (κ3) is 3.71. The molecular weight excluding hydrogens is 256 g/mol. The minimum absolute atomic E-state index is 0.0483. The lowest BCUT2D eigenvalue weighted by atomic mass is 10.2. The quantitative estimate of drug-likeness (QED) is 0.581. The van der Waals surface area contributed by atoms with Crippen LogP contribution in [0.5, 0.6) is 0 Å². The van der Waals surface area contributed by atoms with E-state index in [-0.39, 0.29) is 12.5 Å². The summed E-state index contributed by atoms with van der Waals surface area (Å²) in [5.74, 6) is -0.313. The Balaban J connectivity index is 1.94. The molecule has 0 bridgehead atoms. The molecule has 7 nitrogen and oxygen atoms in total. The molecule has 0 aromatic carbocycles. The van der Waals surface area contributed by atoms with Gasteiger partial charge in [0.2, 0.25) is 0 Å². The van der Waals surface area contributed by atoms with Crippen molar-refractivity contribution in [1.29, 1.82) is 0 Å². The summed E-state index contributed by atoms with van der Waals surface area (Å²) in [6.45, 7) is -0.0727. The van der Waals surface area contributed by atoms with Crippen LogP contribution in [0.2, 0.25) is 0 Å². The van der Waals surface area contributed by atoms with Gasteiger partial charge in [-0.1, -0.05) is 4.98 Å². The third-order valence-electron chi connectivity index (χ3n) is 2.91. The molecule has 0 amide bonds. The summed E-state index contributed by atoms with van der Waals surface area (Å²) in [6, 6.07) is 0. The summed E-state index contributed by atoms with van der Waals surface area (Å²) in [4.78, 5) is 13.7. The number of alkyl halides is 1. The molecule has 2 atom stereocenters. The molecular formula is C11H16FN3O4. The molecule has 2 rings (SSSR count). The van der Waals surface area contributed by atoms with Gasteiger partial charge in [-0.15, -0.1) is 0 Å². The predicted molar refractivity (Wildman–Crippen MR) is 63.3 cm³/mol. The number of ether oxygens (including phenoxy) is 2. The van der Waals surface area contributed by atoms with E-state index in [0.29, 0.717) is 6.61 Å². The third-order valence-corrected chi connectivity index (χ3v) is 2.91. The highest BCUT2D eigenvalue weighted by Gasteiger charge is 2.24. The molecule has 1 fully saturated rings. The van der Waals surface area contributed by atoms with Gasteiger partial charge >= 0.3 is 5.95 Å². The normalized spacial score (nSPS) is 21.2. The van der Waals surface area contributed by atoms with Gasteiger partial charge in [-0.2, -0.15) is 0 Å². The molecule has 2 unspecified atom stereocenters. The summed E-state index contributed by atoms with van der Waals surface area (Å²) in [5, 5.41) is 10.7. The fourth-order valence-electron chi connectivity index (χ4n) is 2.00. The van der Waals surface area contributed by atoms with E-state index in [0.717, 1.165) is 19.3 Å². The average Bonchev–Trinajstić information content (AvgIpc) is 2.87. The number of hydrogen-bond acceptors (Lipinski definition) is 5. The Hall–Kier alpha value is -1.54. The highest BCUT2D eigenvalue weighted by molar-refractivity contribution is 5.06. The molecule has 0 radical (unpaired) electrons. The second-order valence-electron chi connectivity index (χ2n) is 4.35. The van der Waals surface area contributed by atoms with Crippen LogP contribution in [-0.4, -0.2) is 40.1 Å². The van der Waals surface area contributed by atoms with Crippen LogP contribution in [0.3, 0.4) is 0 Å². The van der Waals surface area contributed by atoms with E-state index in [1.54, 1.807) is 0 Å². The molecule has 2 heterocycles. The second-order valence-corrected chi connectivity index (χ2v) is 4.35. The molecule has 1 aliphatic heterocycles. The first-order valence-electron chi connectivity index (χ1n) is 6.19. The minimum Gasteiger partial charge on any atom is -0.390 e. The van der Waals surface area contributed by atoms with Gasteiger partial charge in [-0.25, -0.2) is 8.96 Å². The van der Waals surface area contributed by atoms with Crippen LogP contribution in [-0.2, 0) is 16.0 Å². The van der Waals surface area contributed by atoms with E-state index in [4.69, 9.17) is 9.47 Å². The Bertz CT molecular complexity index is 420. The minimum atomic E-state index is -0.768. The zero-order valence-electron chi connectivity index (χ0n) is 10.4. The van der Waals surface area contributed by atoms with E-state index in [1.165, 1.54) is 17.0 Å². The molecule has 0 aliphatic carbocycles. The van der Waals surface area contributed by atoms with Gasteiger partial charge < -0.3 is 19.6 Å². The first-order chi connectivity index (χ1) is 9.20. The zero-order valence-corrected chi connectivity index (χ0v) is 10.4. The summed E-state index contributed by atoms with van der Waals surface area (Å²) < 4.78 is 25.1. The number of hydrogen-bond donors (Lipinski definition) is 0. The topological polar surface area (TPSA) is 79.4 Å². The van der Waals surface area contributed by atoms with E-state index in [9.17, 15) is 14.5 Å². The van der Waals surface area contributed by atoms with Crippen LogP contribution in [0, 0.1) is 10.1 Å². The van der Waals surface area contributed by atoms with E-state index >= 15 is 0 Å². The Morgan fingerprint density at radius 1 is 1.68 bits per heavy atom. The molecule has 19 heavy (non-hydrogen) atoms. The maximum absolute atomic E-state index is 13.0. The van der Waals surface area contributed by atoms with Gasteiger partial charge in [0, 0.05) is 6.61 Å². The lowest BCUT2D eigenvalue weighted by Crippen LogP contribution is -2.32. The largest absolute Gasteiger partial charge is 0.434 e. The predicted octanol–water partition coefficient (Wildman–Crippen LogP) is 1.67. The molecule has 1 aromatic heterocycles. The molecule has 106 valence electrons. The average molecular weight is 272 g/mol. The van der Waals surface area contributed by atoms with Gasteiger partial charge in [-0.3, -0.25) is 0 Å². The Morgan fingerprint density at radius 2 is 2.53 bits per heavy atom. The van der Waals surface area contributed by atoms with Crippen molar-refractivity contribution < 1.29 is 18.8 Å². The van der Waals surface area contributed by atoms with Crippen molar-refractivity contribution in [3.8, 4) is 0 Å². The summed E-state index contributed by atoms with van der Waals surface area (Å²) >= 11 is 0. The smallest absolute Gasteiger partial charge is 0.390 e. The van der Waals surface area contributed by atoms with E-state index in [1.807, 2.05) is 0 Å². The van der Waals surface area contributed by atoms with Crippen molar-refractivity contribution in [1.82, 2.24) is 9.55 Å². The highest BCUT2D eigenvalue weighted by Crippen LogP contribution is 2.17. The SMILES string of the molecule is O=[N+]([O-])c1nccn1CC(C[18F])OC1CCCCO1. The maximum Gasteiger partial charge on any atom is 0.434 e. The van der Waals surface area contributed by atoms with Gasteiger partial charge in [0.25, 0.3) is 0 Å². The number of imidazole rings is 1. The fourth-order valence-corrected chi connectivity index (χ4v) is 2.00. The number of rotatable bonds is 6. The van der Waals surface area contributed by atoms with Gasteiger partial charge in [0.05, 0.1) is 0 Å². The van der Waals surface area contributed by atoms with Crippen molar-refractivity contribution >= 4 is 5.95 Å². The summed E-state index contributed by atoms with van der Waals surface area (Å²) in [7, 11) is 0. The zero-order chi connectivity index (χ0) is 13.7. The monoisotopic (exact) mass is 272 g/mol. The fraction of sp³-hybridized carbons (Fsp3) is 0.727. The first kappa shape index (κ1) is 13.9. The van der Waals surface area contributed by atoms with Gasteiger partial charge in [-0.05, 0) is 24.2 Å². The molecule has 1 aromatic rings. The van der Waals surface area contributed by atoms with Crippen LogP contribution >= 0.6 is 0 Å². The van der Waals surface area contributed by atoms with E-state index in [2.05, 4.69) is 4.98 Å². The lowest BCUT2D eigenvalue weighted by molar-refractivity contribution is -0.397. The van der Waals surface area contributed by atoms with Crippen LogP contribution in [0.1, 0.15) is 19.3 Å². The van der Waals surface area contributed by atoms with E-state index < -0.39 is 24.0 Å². The molecule has 1 aliphatic rings. The summed E-state index contributed by atoms with van der Waals surface area (Å²) in [5.41, 5.74) is 0. The standard InChI is InChI=1S/C11H16FN3O4/c12-7-9(19-10-3-1-2-6-18-10)8-14-5-4-13-11(14)15(16)17/h4-5,9-10H,1-3,6-8H2/i12-1. The molecule has 8 heteroatoms. The lowest BCUT2D eigenvalue weighted by Gasteiger charge is -2.26. The molecule has 0 spiro atoms. The van der Waals surface area contributed by atoms with Crippen LogP contribution in [0.15, 0.2) is 12.4 Å². The number of nitrogens with zero attached hydrogens (tertiary/aromatic N) is 3. The molecule has 0 saturated carbocycles.